The van der Waals surface area contributed by atoms with Gasteiger partial charge >= 0.3 is 5.97 Å². The van der Waals surface area contributed by atoms with Crippen LogP contribution in [0.5, 0.6) is 11.5 Å². The summed E-state index contributed by atoms with van der Waals surface area (Å²) < 4.78 is 25.2. The van der Waals surface area contributed by atoms with Crippen LogP contribution in [-0.4, -0.2) is 40.0 Å². The topological polar surface area (TPSA) is 93.1 Å². The number of benzene rings is 4. The maximum absolute atomic E-state index is 14.6. The summed E-state index contributed by atoms with van der Waals surface area (Å²) in [5.41, 5.74) is 0.565. The fourth-order valence-electron chi connectivity index (χ4n) is 6.37. The first-order valence-electron chi connectivity index (χ1n) is 13.6. The molecular weight excluding hydrogens is 537 g/mol. The number of aryl methyl sites for hydroxylation is 1. The van der Waals surface area contributed by atoms with Crippen LogP contribution in [0.25, 0.3) is 0 Å². The molecule has 0 spiro atoms. The molecule has 2 aliphatic rings. The lowest BCUT2D eigenvalue weighted by molar-refractivity contribution is -0.148. The van der Waals surface area contributed by atoms with Crippen molar-refractivity contribution in [2.24, 2.45) is 5.92 Å². The first-order chi connectivity index (χ1) is 20.2. The summed E-state index contributed by atoms with van der Waals surface area (Å²) in [6.07, 6.45) is 0. The summed E-state index contributed by atoms with van der Waals surface area (Å²) >= 11 is 0. The Morgan fingerprint density at radius 2 is 1.50 bits per heavy atom. The monoisotopic (exact) mass is 565 g/mol. The van der Waals surface area contributed by atoms with Crippen LogP contribution in [0, 0.1) is 18.7 Å². The minimum absolute atomic E-state index is 0.0206. The number of carboxylic acid groups (broad SMARTS) is 1. The van der Waals surface area contributed by atoms with E-state index in [0.717, 1.165) is 5.56 Å². The molecule has 1 amide bonds. The van der Waals surface area contributed by atoms with Crippen molar-refractivity contribution < 1.29 is 33.4 Å². The summed E-state index contributed by atoms with van der Waals surface area (Å²) in [7, 11) is 0. The van der Waals surface area contributed by atoms with E-state index in [1.54, 1.807) is 66.7 Å². The molecule has 4 aromatic carbocycles. The standard InChI is InChI=1S/C34H28FNO6/c1-20-7-6-10-24(17-20)31(37)28-29(21-11-14-25(35)15-12-21)34(2,33(39)40)36(32(38)22-8-4-3-5-9-22)30(28)23-13-16-26-27(18-23)42-19-41-26/h3-18,28-30H,19H2,1-2H3,(H,39,40). The highest BCUT2D eigenvalue weighted by Crippen LogP contribution is 2.57. The number of rotatable bonds is 6. The Balaban J connectivity index is 1.65. The molecule has 6 rings (SSSR count). The van der Waals surface area contributed by atoms with Crippen LogP contribution in [0.3, 0.4) is 0 Å². The molecule has 212 valence electrons. The highest BCUT2D eigenvalue weighted by Gasteiger charge is 2.65. The third-order valence-electron chi connectivity index (χ3n) is 8.33. The minimum atomic E-state index is -1.91. The number of amides is 1. The summed E-state index contributed by atoms with van der Waals surface area (Å²) in [6, 6.07) is 25.0. The molecule has 1 N–H and O–H groups in total. The predicted molar refractivity (Wildman–Crippen MR) is 152 cm³/mol. The first kappa shape index (κ1) is 27.2. The average Bonchev–Trinajstić information content (AvgIpc) is 3.58. The van der Waals surface area contributed by atoms with E-state index < -0.39 is 41.1 Å². The van der Waals surface area contributed by atoms with Gasteiger partial charge in [0, 0.05) is 17.0 Å². The number of carbonyl (C=O) groups is 3. The molecule has 2 aliphatic heterocycles. The van der Waals surface area contributed by atoms with E-state index in [1.807, 2.05) is 13.0 Å². The van der Waals surface area contributed by atoms with Crippen molar-refractivity contribution in [1.29, 1.82) is 0 Å². The van der Waals surface area contributed by atoms with Gasteiger partial charge in [0.1, 0.15) is 11.4 Å². The second-order valence-corrected chi connectivity index (χ2v) is 10.8. The molecule has 0 bridgehead atoms. The number of fused-ring (bicyclic) bond motifs is 1. The molecule has 0 radical (unpaired) electrons. The van der Waals surface area contributed by atoms with Crippen LogP contribution in [-0.2, 0) is 4.79 Å². The molecule has 8 heteroatoms. The van der Waals surface area contributed by atoms with E-state index in [2.05, 4.69) is 0 Å². The molecule has 1 fully saturated rings. The van der Waals surface area contributed by atoms with Gasteiger partial charge in [-0.05, 0) is 67.4 Å². The van der Waals surface area contributed by atoms with Gasteiger partial charge in [0.2, 0.25) is 6.79 Å². The predicted octanol–water partition coefficient (Wildman–Crippen LogP) is 6.19. The molecule has 0 aliphatic carbocycles. The average molecular weight is 566 g/mol. The van der Waals surface area contributed by atoms with Crippen LogP contribution in [0.4, 0.5) is 4.39 Å². The highest BCUT2D eigenvalue weighted by atomic mass is 19.1. The second-order valence-electron chi connectivity index (χ2n) is 10.8. The van der Waals surface area contributed by atoms with Crippen LogP contribution in [0.15, 0.2) is 97.1 Å². The van der Waals surface area contributed by atoms with Crippen molar-refractivity contribution in [3.05, 3.63) is 131 Å². The molecule has 0 aromatic heterocycles. The van der Waals surface area contributed by atoms with Crippen molar-refractivity contribution in [3.63, 3.8) is 0 Å². The van der Waals surface area contributed by atoms with Crippen molar-refractivity contribution >= 4 is 17.7 Å². The van der Waals surface area contributed by atoms with Crippen LogP contribution in [0.2, 0.25) is 0 Å². The van der Waals surface area contributed by atoms with E-state index in [-0.39, 0.29) is 18.1 Å². The zero-order chi connectivity index (χ0) is 29.6. The Bertz CT molecular complexity index is 1690. The van der Waals surface area contributed by atoms with Crippen LogP contribution < -0.4 is 9.47 Å². The summed E-state index contributed by atoms with van der Waals surface area (Å²) in [4.78, 5) is 43.8. The van der Waals surface area contributed by atoms with Gasteiger partial charge in [-0.2, -0.15) is 0 Å². The molecule has 4 unspecified atom stereocenters. The normalized spacial score (nSPS) is 22.6. The SMILES string of the molecule is Cc1cccc(C(=O)C2C(c3ccc4c(c3)OCO4)N(C(=O)c3ccccc3)C(C)(C(=O)O)C2c2ccc(F)cc2)c1. The molecule has 4 atom stereocenters. The van der Waals surface area contributed by atoms with Crippen LogP contribution in [0.1, 0.15) is 56.3 Å². The van der Waals surface area contributed by atoms with Gasteiger partial charge in [-0.1, -0.05) is 60.2 Å². The molecule has 42 heavy (non-hydrogen) atoms. The Hall–Kier alpha value is -4.98. The van der Waals surface area contributed by atoms with E-state index >= 15 is 0 Å². The maximum atomic E-state index is 14.6. The molecule has 1 saturated heterocycles. The maximum Gasteiger partial charge on any atom is 0.330 e. The lowest BCUT2D eigenvalue weighted by Gasteiger charge is -2.38. The zero-order valence-corrected chi connectivity index (χ0v) is 23.0. The number of Topliss-reactive ketones (excluding diaryl/α,β-unsaturated/α-hetero) is 1. The third kappa shape index (κ3) is 4.40. The van der Waals surface area contributed by atoms with Crippen molar-refractivity contribution in [2.45, 2.75) is 31.3 Å². The largest absolute Gasteiger partial charge is 0.479 e. The van der Waals surface area contributed by atoms with Crippen molar-refractivity contribution in [2.75, 3.05) is 6.79 Å². The van der Waals surface area contributed by atoms with Crippen molar-refractivity contribution in [1.82, 2.24) is 4.90 Å². The Morgan fingerprint density at radius 1 is 0.833 bits per heavy atom. The van der Waals surface area contributed by atoms with Gasteiger partial charge in [0.05, 0.1) is 12.0 Å². The van der Waals surface area contributed by atoms with E-state index in [4.69, 9.17) is 9.47 Å². The number of hydrogen-bond acceptors (Lipinski definition) is 5. The number of carbonyl (C=O) groups excluding carboxylic acids is 2. The molecule has 4 aromatic rings. The number of aliphatic carboxylic acids is 1. The van der Waals surface area contributed by atoms with E-state index in [0.29, 0.717) is 28.2 Å². The number of ether oxygens (including phenoxy) is 2. The molecule has 0 saturated carbocycles. The van der Waals surface area contributed by atoms with E-state index in [9.17, 15) is 23.9 Å². The number of hydrogen-bond donors (Lipinski definition) is 1. The minimum Gasteiger partial charge on any atom is -0.479 e. The summed E-state index contributed by atoms with van der Waals surface area (Å²) in [6.45, 7) is 3.35. The lowest BCUT2D eigenvalue weighted by atomic mass is 9.71. The van der Waals surface area contributed by atoms with Crippen LogP contribution >= 0.6 is 0 Å². The smallest absolute Gasteiger partial charge is 0.330 e. The number of halogens is 1. The van der Waals surface area contributed by atoms with Gasteiger partial charge in [0.15, 0.2) is 17.3 Å². The molecule has 2 heterocycles. The fraction of sp³-hybridized carbons (Fsp3) is 0.206. The van der Waals surface area contributed by atoms with Gasteiger partial charge in [-0.25, -0.2) is 9.18 Å². The van der Waals surface area contributed by atoms with Crippen molar-refractivity contribution in [3.8, 4) is 11.5 Å². The fourth-order valence-corrected chi connectivity index (χ4v) is 6.37. The van der Waals surface area contributed by atoms with E-state index in [1.165, 1.54) is 36.1 Å². The van der Waals surface area contributed by atoms with Gasteiger partial charge in [0.25, 0.3) is 5.91 Å². The number of nitrogens with zero attached hydrogens (tertiary/aromatic N) is 1. The molecular formula is C34H28FNO6. The van der Waals surface area contributed by atoms with Gasteiger partial charge < -0.3 is 19.5 Å². The Labute approximate surface area is 242 Å². The lowest BCUT2D eigenvalue weighted by Crippen LogP contribution is -2.54. The van der Waals surface area contributed by atoms with Gasteiger partial charge in [-0.3, -0.25) is 9.59 Å². The first-order valence-corrected chi connectivity index (χ1v) is 13.6. The Morgan fingerprint density at radius 3 is 2.19 bits per heavy atom. The summed E-state index contributed by atoms with van der Waals surface area (Å²) in [5, 5.41) is 10.9. The Kier molecular flexibility index (Phi) is 6.77. The molecule has 7 nitrogen and oxygen atoms in total. The number of ketones is 1. The highest BCUT2D eigenvalue weighted by molar-refractivity contribution is 6.04. The number of likely N-dealkylation sites (tertiary alicyclic amines) is 1. The quantitative estimate of drug-likeness (QED) is 0.281. The number of carboxylic acids is 1. The zero-order valence-electron chi connectivity index (χ0n) is 23.0. The third-order valence-corrected chi connectivity index (χ3v) is 8.33. The second kappa shape index (κ2) is 10.4. The van der Waals surface area contributed by atoms with Gasteiger partial charge in [-0.15, -0.1) is 0 Å². The summed E-state index contributed by atoms with van der Waals surface area (Å²) in [5.74, 6) is -3.80.